The average molecular weight is 506 g/mol. The number of halogens is 1. The highest BCUT2D eigenvalue weighted by Gasteiger charge is 2.36. The van der Waals surface area contributed by atoms with E-state index in [9.17, 15) is 14.4 Å². The minimum Gasteiger partial charge on any atom is -0.395 e. The largest absolute Gasteiger partial charge is 0.395 e. The Balaban J connectivity index is 2.13. The van der Waals surface area contributed by atoms with E-state index in [0.29, 0.717) is 10.6 Å². The highest BCUT2D eigenvalue weighted by atomic mass is 35.5. The van der Waals surface area contributed by atoms with E-state index >= 15 is 0 Å². The van der Waals surface area contributed by atoms with Crippen molar-refractivity contribution in [1.82, 2.24) is 14.6 Å². The number of carbonyl (C=O) groups excluding carboxylic acids is 3. The number of primary amides is 1. The highest BCUT2D eigenvalue weighted by Crippen LogP contribution is 2.31. The maximum Gasteiger partial charge on any atom is 0.270 e. The van der Waals surface area contributed by atoms with E-state index in [2.05, 4.69) is 9.69 Å². The first kappa shape index (κ1) is 24.7. The number of nitrogen functional groups attached to an aromatic ring is 1. The zero-order valence-corrected chi connectivity index (χ0v) is 20.7. The summed E-state index contributed by atoms with van der Waals surface area (Å²) in [4.78, 5) is 41.2. The van der Waals surface area contributed by atoms with Crippen LogP contribution in [0.3, 0.4) is 0 Å². The van der Waals surface area contributed by atoms with Gasteiger partial charge in [0.25, 0.3) is 11.8 Å². The van der Waals surface area contributed by atoms with Crippen molar-refractivity contribution in [3.8, 4) is 0 Å². The van der Waals surface area contributed by atoms with Crippen molar-refractivity contribution < 1.29 is 14.4 Å². The molecule has 0 aliphatic carbocycles. The van der Waals surface area contributed by atoms with E-state index in [1.54, 1.807) is 24.3 Å². The third kappa shape index (κ3) is 5.89. The molecule has 3 amide bonds. The second kappa shape index (κ2) is 9.90. The molecule has 0 radical (unpaired) electrons. The van der Waals surface area contributed by atoms with E-state index in [0.717, 1.165) is 16.4 Å². The molecule has 1 aromatic carbocycles. The van der Waals surface area contributed by atoms with Gasteiger partial charge in [-0.1, -0.05) is 29.8 Å². The first-order valence-corrected chi connectivity index (χ1v) is 12.0. The van der Waals surface area contributed by atoms with Crippen LogP contribution in [0.25, 0.3) is 0 Å². The van der Waals surface area contributed by atoms with Crippen LogP contribution in [0.5, 0.6) is 0 Å². The Bertz CT molecular complexity index is 1150. The van der Waals surface area contributed by atoms with Gasteiger partial charge in [-0.25, -0.2) is 0 Å². The summed E-state index contributed by atoms with van der Waals surface area (Å²) in [7, 11) is 0. The predicted octanol–water partition coefficient (Wildman–Crippen LogP) is 3.84. The van der Waals surface area contributed by atoms with Crippen LogP contribution < -0.4 is 16.8 Å². The summed E-state index contributed by atoms with van der Waals surface area (Å²) in [5.41, 5.74) is 11.1. The molecule has 1 atom stereocenters. The van der Waals surface area contributed by atoms with Gasteiger partial charge in [0.2, 0.25) is 5.91 Å². The molecular formula is C22H24ClN5O3S2. The Hall–Kier alpha value is -2.95. The van der Waals surface area contributed by atoms with Crippen molar-refractivity contribution >= 4 is 57.9 Å². The van der Waals surface area contributed by atoms with Crippen molar-refractivity contribution in [1.29, 1.82) is 0 Å². The van der Waals surface area contributed by atoms with Gasteiger partial charge in [-0.3, -0.25) is 14.4 Å². The molecule has 0 aliphatic rings. The molecule has 0 fully saturated rings. The number of hydrogen-bond donors (Lipinski definition) is 3. The number of aromatic nitrogens is 1. The van der Waals surface area contributed by atoms with Gasteiger partial charge < -0.3 is 21.7 Å². The monoisotopic (exact) mass is 505 g/mol. The summed E-state index contributed by atoms with van der Waals surface area (Å²) in [5.74, 6) is -1.73. The number of nitrogens with zero attached hydrogens (tertiary/aromatic N) is 2. The van der Waals surface area contributed by atoms with Crippen LogP contribution in [0.15, 0.2) is 41.8 Å². The lowest BCUT2D eigenvalue weighted by Gasteiger charge is -2.33. The van der Waals surface area contributed by atoms with Crippen LogP contribution in [0.2, 0.25) is 5.02 Å². The Morgan fingerprint density at radius 1 is 1.18 bits per heavy atom. The van der Waals surface area contributed by atoms with Crippen molar-refractivity contribution in [2.45, 2.75) is 38.9 Å². The number of anilines is 1. The highest BCUT2D eigenvalue weighted by molar-refractivity contribution is 7.10. The maximum atomic E-state index is 13.7. The van der Waals surface area contributed by atoms with Crippen LogP contribution in [0.1, 0.15) is 57.4 Å². The molecule has 2 heterocycles. The van der Waals surface area contributed by atoms with Gasteiger partial charge in [0.05, 0.1) is 12.2 Å². The molecule has 33 heavy (non-hydrogen) atoms. The third-order valence-electron chi connectivity index (χ3n) is 4.57. The van der Waals surface area contributed by atoms with E-state index < -0.39 is 23.4 Å². The van der Waals surface area contributed by atoms with Gasteiger partial charge in [0.1, 0.15) is 10.9 Å². The topological polar surface area (TPSA) is 131 Å². The maximum absolute atomic E-state index is 13.7. The molecule has 3 rings (SSSR count). The SMILES string of the molecule is CC(C)(C)NC(=O)[C@@H](c1ccc(Cl)cc1)N(Cc1cccs1)C(=O)c1snc(C(N)=O)c1N. The molecule has 3 aromatic rings. The van der Waals surface area contributed by atoms with E-state index in [1.807, 2.05) is 38.3 Å². The molecule has 0 unspecified atom stereocenters. The molecular weight excluding hydrogens is 482 g/mol. The van der Waals surface area contributed by atoms with Gasteiger partial charge >= 0.3 is 0 Å². The summed E-state index contributed by atoms with van der Waals surface area (Å²) in [5, 5.41) is 5.34. The molecule has 0 aliphatic heterocycles. The number of benzene rings is 1. The molecule has 5 N–H and O–H groups in total. The number of nitrogens with one attached hydrogen (secondary N) is 1. The summed E-state index contributed by atoms with van der Waals surface area (Å²) in [6.07, 6.45) is 0. The third-order valence-corrected chi connectivity index (χ3v) is 6.53. The van der Waals surface area contributed by atoms with Gasteiger partial charge in [-0.15, -0.1) is 11.3 Å². The van der Waals surface area contributed by atoms with E-state index in [4.69, 9.17) is 23.1 Å². The molecule has 0 saturated carbocycles. The fourth-order valence-corrected chi connectivity index (χ4v) is 4.76. The normalized spacial score (nSPS) is 12.2. The number of amides is 3. The zero-order valence-electron chi connectivity index (χ0n) is 18.3. The second-order valence-electron chi connectivity index (χ2n) is 8.34. The fraction of sp³-hybridized carbons (Fsp3) is 0.273. The van der Waals surface area contributed by atoms with Gasteiger partial charge in [0.15, 0.2) is 5.69 Å². The minimum atomic E-state index is -0.991. The minimum absolute atomic E-state index is 0.0443. The lowest BCUT2D eigenvalue weighted by Crippen LogP contribution is -2.49. The molecule has 2 aromatic heterocycles. The fourth-order valence-electron chi connectivity index (χ4n) is 3.17. The zero-order chi connectivity index (χ0) is 24.3. The molecule has 0 spiro atoms. The van der Waals surface area contributed by atoms with Crippen LogP contribution >= 0.6 is 34.5 Å². The first-order chi connectivity index (χ1) is 15.5. The van der Waals surface area contributed by atoms with Crippen molar-refractivity contribution in [3.63, 3.8) is 0 Å². The molecule has 8 nitrogen and oxygen atoms in total. The molecule has 174 valence electrons. The van der Waals surface area contributed by atoms with Crippen molar-refractivity contribution in [2.24, 2.45) is 5.73 Å². The average Bonchev–Trinajstić information content (AvgIpc) is 3.36. The van der Waals surface area contributed by atoms with Gasteiger partial charge in [-0.2, -0.15) is 4.37 Å². The molecule has 11 heteroatoms. The van der Waals surface area contributed by atoms with Crippen LogP contribution in [-0.2, 0) is 11.3 Å². The predicted molar refractivity (Wildman–Crippen MR) is 131 cm³/mol. The number of thiophene rings is 1. The smallest absolute Gasteiger partial charge is 0.270 e. The quantitative estimate of drug-likeness (QED) is 0.449. The summed E-state index contributed by atoms with van der Waals surface area (Å²) in [6.45, 7) is 5.71. The number of hydrogen-bond acceptors (Lipinski definition) is 7. The van der Waals surface area contributed by atoms with Crippen LogP contribution in [-0.4, -0.2) is 32.5 Å². The summed E-state index contributed by atoms with van der Waals surface area (Å²) >= 11 is 8.29. The molecule has 0 saturated heterocycles. The lowest BCUT2D eigenvalue weighted by atomic mass is 10.0. The number of nitrogens with two attached hydrogens (primary N) is 2. The van der Waals surface area contributed by atoms with E-state index in [-0.39, 0.29) is 28.7 Å². The first-order valence-electron chi connectivity index (χ1n) is 9.93. The van der Waals surface area contributed by atoms with Gasteiger partial charge in [0, 0.05) is 15.4 Å². The summed E-state index contributed by atoms with van der Waals surface area (Å²) in [6, 6.07) is 9.47. The second-order valence-corrected chi connectivity index (χ2v) is 10.6. The lowest BCUT2D eigenvalue weighted by molar-refractivity contribution is -0.127. The Morgan fingerprint density at radius 2 is 1.85 bits per heavy atom. The molecule has 0 bridgehead atoms. The van der Waals surface area contributed by atoms with E-state index in [1.165, 1.54) is 16.2 Å². The van der Waals surface area contributed by atoms with Crippen molar-refractivity contribution in [2.75, 3.05) is 5.73 Å². The number of rotatable bonds is 7. The van der Waals surface area contributed by atoms with Crippen molar-refractivity contribution in [3.05, 3.63) is 67.8 Å². The standard InChI is InChI=1S/C22H24ClN5O3S2/c1-22(2,3)26-20(30)17(12-6-8-13(23)9-7-12)28(11-14-5-4-10-32-14)21(31)18-15(24)16(19(25)29)27-33-18/h4-10,17H,11,24H2,1-3H3,(H2,25,29)(H,26,30)/t17-/m1/s1. The Labute approximate surface area is 204 Å². The Morgan fingerprint density at radius 3 is 2.36 bits per heavy atom. The summed E-state index contributed by atoms with van der Waals surface area (Å²) < 4.78 is 3.94. The van der Waals surface area contributed by atoms with Crippen LogP contribution in [0.4, 0.5) is 5.69 Å². The van der Waals surface area contributed by atoms with Crippen LogP contribution in [0, 0.1) is 0 Å². The number of carbonyl (C=O) groups is 3. The van der Waals surface area contributed by atoms with Gasteiger partial charge in [-0.05, 0) is 61.4 Å². The Kier molecular flexibility index (Phi) is 7.41.